The lowest BCUT2D eigenvalue weighted by molar-refractivity contribution is 0.100. The van der Waals surface area contributed by atoms with Crippen molar-refractivity contribution in [1.29, 1.82) is 0 Å². The zero-order valence-electron chi connectivity index (χ0n) is 11.2. The molecule has 0 radical (unpaired) electrons. The molecule has 1 heterocycles. The first kappa shape index (κ1) is 13.7. The van der Waals surface area contributed by atoms with Gasteiger partial charge >= 0.3 is 0 Å². The van der Waals surface area contributed by atoms with E-state index in [1.165, 1.54) is 26.1 Å². The molecule has 0 aliphatic rings. The molecule has 1 aromatic heterocycles. The van der Waals surface area contributed by atoms with E-state index in [2.05, 4.69) is 10.3 Å². The van der Waals surface area contributed by atoms with Crippen molar-refractivity contribution >= 4 is 23.2 Å². The van der Waals surface area contributed by atoms with E-state index in [-0.39, 0.29) is 17.5 Å². The maximum atomic E-state index is 12.0. The first-order valence-corrected chi connectivity index (χ1v) is 6.09. The number of Topliss-reactive ketones (excluding diaryl/α,β-unsaturated/α-hetero) is 2. The summed E-state index contributed by atoms with van der Waals surface area (Å²) in [4.78, 5) is 37.2. The molecule has 2 rings (SSSR count). The monoisotopic (exact) mass is 270 g/mol. The normalized spacial score (nSPS) is 10.1. The van der Waals surface area contributed by atoms with Crippen LogP contribution in [0.25, 0.3) is 0 Å². The molecule has 0 aliphatic carbocycles. The van der Waals surface area contributed by atoms with Crippen LogP contribution in [0.2, 0.25) is 0 Å². The molecule has 0 bridgehead atoms. The van der Waals surface area contributed by atoms with Gasteiger partial charge in [-0.3, -0.25) is 14.4 Å². The summed E-state index contributed by atoms with van der Waals surface area (Å²) < 4.78 is 0. The summed E-state index contributed by atoms with van der Waals surface area (Å²) in [6, 6.07) is 8.17. The average Bonchev–Trinajstić information content (AvgIpc) is 2.88. The molecular weight excluding hydrogens is 256 g/mol. The van der Waals surface area contributed by atoms with Gasteiger partial charge < -0.3 is 10.3 Å². The van der Waals surface area contributed by atoms with Gasteiger partial charge in [0.1, 0.15) is 5.69 Å². The summed E-state index contributed by atoms with van der Waals surface area (Å²) in [5, 5.41) is 2.67. The van der Waals surface area contributed by atoms with Crippen molar-refractivity contribution in [2.24, 2.45) is 0 Å². The molecule has 20 heavy (non-hydrogen) atoms. The number of hydrogen-bond acceptors (Lipinski definition) is 3. The Bertz CT molecular complexity index is 686. The van der Waals surface area contributed by atoms with Gasteiger partial charge in [0.15, 0.2) is 11.6 Å². The standard InChI is InChI=1S/C15H14N2O3/c1-9(18)11-4-3-5-13(6-11)17-15(20)14-7-12(8-16-14)10(2)19/h3-8,16H,1-2H3,(H,17,20). The van der Waals surface area contributed by atoms with Crippen molar-refractivity contribution in [3.05, 3.63) is 53.3 Å². The van der Waals surface area contributed by atoms with E-state index >= 15 is 0 Å². The molecule has 2 aromatic rings. The molecule has 1 aromatic carbocycles. The van der Waals surface area contributed by atoms with Gasteiger partial charge in [0.2, 0.25) is 0 Å². The summed E-state index contributed by atoms with van der Waals surface area (Å²) in [5.74, 6) is -0.545. The number of aromatic amines is 1. The predicted octanol–water partition coefficient (Wildman–Crippen LogP) is 2.67. The highest BCUT2D eigenvalue weighted by molar-refractivity contribution is 6.06. The maximum absolute atomic E-state index is 12.0. The van der Waals surface area contributed by atoms with Crippen LogP contribution in [0.1, 0.15) is 45.1 Å². The Labute approximate surface area is 116 Å². The summed E-state index contributed by atoms with van der Waals surface area (Å²) >= 11 is 0. The van der Waals surface area contributed by atoms with E-state index in [0.29, 0.717) is 22.5 Å². The number of amides is 1. The lowest BCUT2D eigenvalue weighted by Crippen LogP contribution is -2.12. The highest BCUT2D eigenvalue weighted by atomic mass is 16.2. The van der Waals surface area contributed by atoms with Crippen LogP contribution in [-0.4, -0.2) is 22.5 Å². The molecule has 0 atom stereocenters. The molecule has 0 saturated heterocycles. The Balaban J connectivity index is 2.16. The summed E-state index contributed by atoms with van der Waals surface area (Å²) in [6.07, 6.45) is 1.49. The quantitative estimate of drug-likeness (QED) is 0.838. The predicted molar refractivity (Wildman–Crippen MR) is 75.2 cm³/mol. The minimum Gasteiger partial charge on any atom is -0.356 e. The van der Waals surface area contributed by atoms with Crippen LogP contribution in [0.3, 0.4) is 0 Å². The molecular formula is C15H14N2O3. The van der Waals surface area contributed by atoms with Crippen LogP contribution in [-0.2, 0) is 0 Å². The number of H-pyrrole nitrogens is 1. The Hall–Kier alpha value is -2.69. The second kappa shape index (κ2) is 5.52. The Morgan fingerprint density at radius 3 is 2.30 bits per heavy atom. The molecule has 0 spiro atoms. The van der Waals surface area contributed by atoms with Crippen molar-refractivity contribution in [2.45, 2.75) is 13.8 Å². The zero-order chi connectivity index (χ0) is 14.7. The molecule has 102 valence electrons. The summed E-state index contributed by atoms with van der Waals surface area (Å²) in [5.41, 5.74) is 1.80. The number of hydrogen-bond donors (Lipinski definition) is 2. The van der Waals surface area contributed by atoms with Gasteiger partial charge in [0.25, 0.3) is 5.91 Å². The van der Waals surface area contributed by atoms with Crippen LogP contribution in [0, 0.1) is 0 Å². The molecule has 0 aliphatic heterocycles. The van der Waals surface area contributed by atoms with E-state index < -0.39 is 0 Å². The SMILES string of the molecule is CC(=O)c1cccc(NC(=O)c2cc(C(C)=O)c[nH]2)c1. The minimum absolute atomic E-state index is 0.0696. The fourth-order valence-electron chi connectivity index (χ4n) is 1.74. The topological polar surface area (TPSA) is 79.0 Å². The fraction of sp³-hybridized carbons (Fsp3) is 0.133. The molecule has 2 N–H and O–H groups in total. The molecule has 0 unspecified atom stereocenters. The van der Waals surface area contributed by atoms with Gasteiger partial charge in [0.05, 0.1) is 0 Å². The van der Waals surface area contributed by atoms with E-state index in [4.69, 9.17) is 0 Å². The molecule has 5 heteroatoms. The third kappa shape index (κ3) is 3.00. The highest BCUT2D eigenvalue weighted by Gasteiger charge is 2.11. The molecule has 1 amide bonds. The van der Waals surface area contributed by atoms with Crippen molar-refractivity contribution < 1.29 is 14.4 Å². The van der Waals surface area contributed by atoms with Gasteiger partial charge in [-0.1, -0.05) is 12.1 Å². The lowest BCUT2D eigenvalue weighted by Gasteiger charge is -2.05. The van der Waals surface area contributed by atoms with Crippen LogP contribution in [0.5, 0.6) is 0 Å². The Kier molecular flexibility index (Phi) is 3.79. The third-order valence-electron chi connectivity index (χ3n) is 2.86. The summed E-state index contributed by atoms with van der Waals surface area (Å²) in [7, 11) is 0. The summed E-state index contributed by atoms with van der Waals surface area (Å²) in [6.45, 7) is 2.90. The average molecular weight is 270 g/mol. The third-order valence-corrected chi connectivity index (χ3v) is 2.86. The Morgan fingerprint density at radius 2 is 1.70 bits per heavy atom. The van der Waals surface area contributed by atoms with E-state index in [9.17, 15) is 14.4 Å². The van der Waals surface area contributed by atoms with Crippen LogP contribution < -0.4 is 5.32 Å². The number of rotatable bonds is 4. The largest absolute Gasteiger partial charge is 0.356 e. The maximum Gasteiger partial charge on any atom is 0.272 e. The number of aromatic nitrogens is 1. The molecule has 5 nitrogen and oxygen atoms in total. The number of anilines is 1. The van der Waals surface area contributed by atoms with Gasteiger partial charge in [-0.25, -0.2) is 0 Å². The van der Waals surface area contributed by atoms with Crippen molar-refractivity contribution in [1.82, 2.24) is 4.98 Å². The van der Waals surface area contributed by atoms with Gasteiger partial charge in [0, 0.05) is 23.0 Å². The smallest absolute Gasteiger partial charge is 0.272 e. The van der Waals surface area contributed by atoms with Crippen molar-refractivity contribution in [3.8, 4) is 0 Å². The number of nitrogens with one attached hydrogen (secondary N) is 2. The van der Waals surface area contributed by atoms with Crippen LogP contribution >= 0.6 is 0 Å². The lowest BCUT2D eigenvalue weighted by atomic mass is 10.1. The fourth-order valence-corrected chi connectivity index (χ4v) is 1.74. The second-order valence-electron chi connectivity index (χ2n) is 4.45. The van der Waals surface area contributed by atoms with E-state index in [0.717, 1.165) is 0 Å². The van der Waals surface area contributed by atoms with Crippen LogP contribution in [0.15, 0.2) is 36.5 Å². The molecule has 0 fully saturated rings. The first-order chi connectivity index (χ1) is 9.47. The molecule has 0 saturated carbocycles. The number of carbonyl (C=O) groups excluding carboxylic acids is 3. The number of carbonyl (C=O) groups is 3. The van der Waals surface area contributed by atoms with Crippen LogP contribution in [0.4, 0.5) is 5.69 Å². The Morgan fingerprint density at radius 1 is 1.00 bits per heavy atom. The zero-order valence-corrected chi connectivity index (χ0v) is 11.2. The minimum atomic E-state index is -0.363. The van der Waals surface area contributed by atoms with Gasteiger partial charge in [-0.15, -0.1) is 0 Å². The van der Waals surface area contributed by atoms with Gasteiger partial charge in [-0.05, 0) is 32.0 Å². The van der Waals surface area contributed by atoms with Crippen molar-refractivity contribution in [3.63, 3.8) is 0 Å². The first-order valence-electron chi connectivity index (χ1n) is 6.09. The highest BCUT2D eigenvalue weighted by Crippen LogP contribution is 2.13. The number of ketones is 2. The van der Waals surface area contributed by atoms with E-state index in [1.54, 1.807) is 24.3 Å². The van der Waals surface area contributed by atoms with Crippen molar-refractivity contribution in [2.75, 3.05) is 5.32 Å². The van der Waals surface area contributed by atoms with Gasteiger partial charge in [-0.2, -0.15) is 0 Å². The number of benzene rings is 1. The second-order valence-corrected chi connectivity index (χ2v) is 4.45. The van der Waals surface area contributed by atoms with E-state index in [1.807, 2.05) is 0 Å².